The molecule has 0 N–H and O–H groups in total. The molecule has 0 saturated heterocycles. The van der Waals surface area contributed by atoms with Gasteiger partial charge in [-0.2, -0.15) is 0 Å². The van der Waals surface area contributed by atoms with Crippen LogP contribution >= 0.6 is 11.6 Å². The molecule has 0 bridgehead atoms. The monoisotopic (exact) mass is 294 g/mol. The van der Waals surface area contributed by atoms with Gasteiger partial charge in [-0.25, -0.2) is 4.98 Å². The van der Waals surface area contributed by atoms with Crippen LogP contribution in [-0.2, 0) is 6.42 Å². The zero-order valence-electron chi connectivity index (χ0n) is 12.5. The van der Waals surface area contributed by atoms with E-state index in [0.29, 0.717) is 16.6 Å². The predicted octanol–water partition coefficient (Wildman–Crippen LogP) is 3.95. The summed E-state index contributed by atoms with van der Waals surface area (Å²) >= 11 is 6.05. The van der Waals surface area contributed by atoms with Gasteiger partial charge < -0.3 is 4.90 Å². The number of carbonyl (C=O) groups is 1. The van der Waals surface area contributed by atoms with Gasteiger partial charge in [-0.3, -0.25) is 4.79 Å². The van der Waals surface area contributed by atoms with Gasteiger partial charge in [0.05, 0.1) is 0 Å². The van der Waals surface area contributed by atoms with Crippen LogP contribution in [0.25, 0.3) is 0 Å². The van der Waals surface area contributed by atoms with E-state index in [4.69, 9.17) is 11.6 Å². The number of aryl methyl sites for hydroxylation is 1. The maximum atomic E-state index is 12.7. The summed E-state index contributed by atoms with van der Waals surface area (Å²) in [4.78, 5) is 18.9. The second-order valence-corrected chi connectivity index (χ2v) is 6.30. The first-order chi connectivity index (χ1) is 9.51. The smallest absolute Gasteiger partial charge is 0.254 e. The van der Waals surface area contributed by atoms with Crippen LogP contribution in [0.15, 0.2) is 12.1 Å². The van der Waals surface area contributed by atoms with Gasteiger partial charge >= 0.3 is 0 Å². The first kappa shape index (κ1) is 15.3. The van der Waals surface area contributed by atoms with Crippen LogP contribution in [0, 0.1) is 5.92 Å². The van der Waals surface area contributed by atoms with Crippen molar-refractivity contribution in [2.75, 3.05) is 6.54 Å². The first-order valence-electron chi connectivity index (χ1n) is 7.48. The number of carbonyl (C=O) groups excluding carboxylic acids is 1. The molecule has 110 valence electrons. The maximum Gasteiger partial charge on any atom is 0.254 e. The number of hydrogen-bond donors (Lipinski definition) is 0. The van der Waals surface area contributed by atoms with Crippen LogP contribution in [0.5, 0.6) is 0 Å². The van der Waals surface area contributed by atoms with Crippen LogP contribution in [0.2, 0.25) is 5.15 Å². The molecule has 0 aromatic carbocycles. The van der Waals surface area contributed by atoms with Crippen molar-refractivity contribution < 1.29 is 4.79 Å². The molecule has 1 aromatic heterocycles. The second-order valence-electron chi connectivity index (χ2n) is 5.91. The third-order valence-corrected chi connectivity index (χ3v) is 3.83. The van der Waals surface area contributed by atoms with E-state index in [1.54, 1.807) is 6.07 Å². The molecule has 0 spiro atoms. The summed E-state index contributed by atoms with van der Waals surface area (Å²) in [5, 5.41) is 0.412. The summed E-state index contributed by atoms with van der Waals surface area (Å²) in [5.74, 6) is 0.766. The SMILES string of the molecule is CCCc1cc(C(=O)N(CC2CC2)C(C)C)cc(Cl)n1. The number of amides is 1. The minimum atomic E-state index is 0.0774. The van der Waals surface area contributed by atoms with Gasteiger partial charge in [0.1, 0.15) is 5.15 Å². The lowest BCUT2D eigenvalue weighted by atomic mass is 10.1. The molecular weight excluding hydrogens is 272 g/mol. The number of halogens is 1. The molecule has 1 saturated carbocycles. The van der Waals surface area contributed by atoms with Gasteiger partial charge in [0, 0.05) is 23.8 Å². The Morgan fingerprint density at radius 2 is 2.15 bits per heavy atom. The fourth-order valence-electron chi connectivity index (χ4n) is 2.33. The quantitative estimate of drug-likeness (QED) is 0.744. The number of pyridine rings is 1. The van der Waals surface area contributed by atoms with Gasteiger partial charge in [0.2, 0.25) is 0 Å². The summed E-state index contributed by atoms with van der Waals surface area (Å²) < 4.78 is 0. The van der Waals surface area contributed by atoms with Gasteiger partial charge in [-0.05, 0) is 51.2 Å². The van der Waals surface area contributed by atoms with E-state index < -0.39 is 0 Å². The average molecular weight is 295 g/mol. The van der Waals surface area contributed by atoms with E-state index in [1.807, 2.05) is 11.0 Å². The van der Waals surface area contributed by atoms with Crippen molar-refractivity contribution in [3.8, 4) is 0 Å². The van der Waals surface area contributed by atoms with Gasteiger partial charge in [-0.1, -0.05) is 24.9 Å². The van der Waals surface area contributed by atoms with Crippen molar-refractivity contribution in [2.24, 2.45) is 5.92 Å². The van der Waals surface area contributed by atoms with E-state index in [-0.39, 0.29) is 11.9 Å². The Kier molecular flexibility index (Phi) is 5.03. The first-order valence-corrected chi connectivity index (χ1v) is 7.86. The Balaban J connectivity index is 2.20. The Labute approximate surface area is 126 Å². The molecule has 1 fully saturated rings. The summed E-state index contributed by atoms with van der Waals surface area (Å²) in [7, 11) is 0. The number of hydrogen-bond acceptors (Lipinski definition) is 2. The van der Waals surface area contributed by atoms with Crippen LogP contribution < -0.4 is 0 Å². The number of nitrogens with zero attached hydrogens (tertiary/aromatic N) is 2. The molecular formula is C16H23ClN2O. The molecule has 1 aliphatic carbocycles. The lowest BCUT2D eigenvalue weighted by molar-refractivity contribution is 0.0696. The zero-order valence-corrected chi connectivity index (χ0v) is 13.3. The number of rotatable bonds is 6. The van der Waals surface area contributed by atoms with Crippen molar-refractivity contribution in [2.45, 2.75) is 52.5 Å². The maximum absolute atomic E-state index is 12.7. The third-order valence-electron chi connectivity index (χ3n) is 3.64. The highest BCUT2D eigenvalue weighted by molar-refractivity contribution is 6.29. The molecule has 0 unspecified atom stereocenters. The molecule has 0 radical (unpaired) electrons. The molecule has 1 amide bonds. The molecule has 2 rings (SSSR count). The molecule has 0 atom stereocenters. The van der Waals surface area contributed by atoms with E-state index in [1.165, 1.54) is 12.8 Å². The summed E-state index contributed by atoms with van der Waals surface area (Å²) in [6, 6.07) is 3.79. The molecule has 20 heavy (non-hydrogen) atoms. The van der Waals surface area contributed by atoms with Crippen LogP contribution in [-0.4, -0.2) is 28.4 Å². The fourth-order valence-corrected chi connectivity index (χ4v) is 2.56. The Bertz CT molecular complexity index is 483. The van der Waals surface area contributed by atoms with Crippen LogP contribution in [0.3, 0.4) is 0 Å². The minimum Gasteiger partial charge on any atom is -0.336 e. The van der Waals surface area contributed by atoms with Gasteiger partial charge in [-0.15, -0.1) is 0 Å². The minimum absolute atomic E-state index is 0.0774. The lowest BCUT2D eigenvalue weighted by Crippen LogP contribution is -2.38. The second kappa shape index (κ2) is 6.57. The Morgan fingerprint density at radius 3 is 2.70 bits per heavy atom. The standard InChI is InChI=1S/C16H23ClN2O/c1-4-5-14-8-13(9-15(17)18-14)16(20)19(11(2)3)10-12-6-7-12/h8-9,11-12H,4-7,10H2,1-3H3. The molecule has 1 heterocycles. The van der Waals surface area contributed by atoms with E-state index in [0.717, 1.165) is 25.1 Å². The summed E-state index contributed by atoms with van der Waals surface area (Å²) in [6.07, 6.45) is 4.34. The largest absolute Gasteiger partial charge is 0.336 e. The van der Waals surface area contributed by atoms with Gasteiger partial charge in [0.15, 0.2) is 0 Å². The van der Waals surface area contributed by atoms with Crippen LogP contribution in [0.1, 0.15) is 56.1 Å². The summed E-state index contributed by atoms with van der Waals surface area (Å²) in [6.45, 7) is 7.09. The topological polar surface area (TPSA) is 33.2 Å². The molecule has 0 aliphatic heterocycles. The highest BCUT2D eigenvalue weighted by atomic mass is 35.5. The molecule has 4 heteroatoms. The van der Waals surface area contributed by atoms with Crippen LogP contribution in [0.4, 0.5) is 0 Å². The fraction of sp³-hybridized carbons (Fsp3) is 0.625. The van der Waals surface area contributed by atoms with E-state index in [2.05, 4.69) is 25.8 Å². The number of aromatic nitrogens is 1. The summed E-state index contributed by atoms with van der Waals surface area (Å²) in [5.41, 5.74) is 1.57. The normalized spacial score (nSPS) is 14.7. The van der Waals surface area contributed by atoms with Crippen molar-refractivity contribution in [1.29, 1.82) is 0 Å². The van der Waals surface area contributed by atoms with E-state index >= 15 is 0 Å². The Morgan fingerprint density at radius 1 is 1.45 bits per heavy atom. The van der Waals surface area contributed by atoms with Crippen molar-refractivity contribution in [3.05, 3.63) is 28.5 Å². The van der Waals surface area contributed by atoms with Crippen molar-refractivity contribution in [3.63, 3.8) is 0 Å². The zero-order chi connectivity index (χ0) is 14.7. The Hall–Kier alpha value is -1.09. The molecule has 3 nitrogen and oxygen atoms in total. The highest BCUT2D eigenvalue weighted by Crippen LogP contribution is 2.31. The third kappa shape index (κ3) is 3.95. The predicted molar refractivity (Wildman–Crippen MR) is 82.1 cm³/mol. The molecule has 1 aliphatic rings. The lowest BCUT2D eigenvalue weighted by Gasteiger charge is -2.27. The van der Waals surface area contributed by atoms with Crippen molar-refractivity contribution in [1.82, 2.24) is 9.88 Å². The van der Waals surface area contributed by atoms with Gasteiger partial charge in [0.25, 0.3) is 5.91 Å². The van der Waals surface area contributed by atoms with Crippen molar-refractivity contribution >= 4 is 17.5 Å². The highest BCUT2D eigenvalue weighted by Gasteiger charge is 2.29. The average Bonchev–Trinajstić information content (AvgIpc) is 3.18. The molecule has 1 aromatic rings. The van der Waals surface area contributed by atoms with E-state index in [9.17, 15) is 4.79 Å².